The maximum absolute atomic E-state index is 14.3. The van der Waals surface area contributed by atoms with Gasteiger partial charge in [-0.1, -0.05) is 5.16 Å². The molecule has 1 atom stereocenters. The van der Waals surface area contributed by atoms with Gasteiger partial charge in [0.1, 0.15) is 63.4 Å². The topological polar surface area (TPSA) is 272 Å². The molecule has 2 saturated carbocycles. The van der Waals surface area contributed by atoms with Crippen molar-refractivity contribution in [1.29, 1.82) is 0 Å². The quantitative estimate of drug-likeness (QED) is 0.0575. The number of anilines is 6. The molecule has 7 aromatic heterocycles. The summed E-state index contributed by atoms with van der Waals surface area (Å²) in [7, 11) is 10.0. The van der Waals surface area contributed by atoms with Gasteiger partial charge in [-0.15, -0.1) is 0 Å². The second kappa shape index (κ2) is 34.3. The van der Waals surface area contributed by atoms with E-state index in [2.05, 4.69) is 57.3 Å². The van der Waals surface area contributed by atoms with Gasteiger partial charge in [-0.3, -0.25) is 29.1 Å². The summed E-state index contributed by atoms with van der Waals surface area (Å²) in [4.78, 5) is 64.9. The van der Waals surface area contributed by atoms with Crippen molar-refractivity contribution in [2.75, 3.05) is 96.1 Å². The number of carbonyl (C=O) groups excluding carboxylic acids is 2. The van der Waals surface area contributed by atoms with Crippen molar-refractivity contribution >= 4 is 79.2 Å². The molecule has 0 radical (unpaired) electrons. The third-order valence-corrected chi connectivity index (χ3v) is 21.0. The van der Waals surface area contributed by atoms with Crippen LogP contribution in [-0.4, -0.2) is 173 Å². The fourth-order valence-electron chi connectivity index (χ4n) is 14.2. The van der Waals surface area contributed by atoms with Gasteiger partial charge in [0, 0.05) is 177 Å². The number of rotatable bonds is 23. The second-order valence-electron chi connectivity index (χ2n) is 31.3. The summed E-state index contributed by atoms with van der Waals surface area (Å²) in [6.07, 6.45) is 24.0. The van der Waals surface area contributed by atoms with Crippen LogP contribution in [-0.2, 0) is 33.4 Å². The van der Waals surface area contributed by atoms with Gasteiger partial charge in [0.05, 0.1) is 129 Å². The SMILES string of the molecule is COc1cc(F)cc(N(CC2CC2)c2ccc3ncc(-c4cnn(C5CCCCO5)c4)nc3c2)c1.COc1cc(OC)cc(N(CC2CC2)c2ccc3ncc(-c4cnn(C(C)(C)C(=O)N5CCN(C(=O)OC(C)(C)C)CC5)c4)nc3c2)c1.COc1cc(OC)cc(N(Cc2cc(C)on2)c2ccc3ncc(-c4cnn(C)c4)nc3c2)c1. The van der Waals surface area contributed by atoms with Crippen molar-refractivity contribution in [3.63, 3.8) is 0 Å². The van der Waals surface area contributed by atoms with Gasteiger partial charge >= 0.3 is 6.09 Å². The number of aromatic nitrogens is 13. The van der Waals surface area contributed by atoms with E-state index in [1.807, 2.05) is 169 Å². The predicted molar refractivity (Wildman–Crippen MR) is 444 cm³/mol. The highest BCUT2D eigenvalue weighted by Gasteiger charge is 2.38. The lowest BCUT2D eigenvalue weighted by Gasteiger charge is -2.38. The Balaban J connectivity index is 0.000000140. The Labute approximate surface area is 678 Å². The number of fused-ring (bicyclic) bond motifs is 3. The minimum atomic E-state index is -0.953. The molecular weight excluding hydrogens is 1490 g/mol. The molecular formula is C88H97FN18O10. The lowest BCUT2D eigenvalue weighted by Crippen LogP contribution is -2.56. The molecule has 0 N–H and O–H groups in total. The molecule has 6 aromatic carbocycles. The Morgan fingerprint density at radius 1 is 0.496 bits per heavy atom. The molecule has 4 aliphatic rings. The first-order valence-corrected chi connectivity index (χ1v) is 39.4. The van der Waals surface area contributed by atoms with Crippen LogP contribution >= 0.6 is 0 Å². The first kappa shape index (κ1) is 79.4. The van der Waals surface area contributed by atoms with E-state index >= 15 is 0 Å². The molecule has 117 heavy (non-hydrogen) atoms. The molecule has 2 aliphatic carbocycles. The van der Waals surface area contributed by atoms with Gasteiger partial charge < -0.3 is 62.2 Å². The number of amides is 2. The standard InChI is InChI=1S/C36H45N7O5.C27H28FN5O2.C25H24N6O3/c1-35(2,3)48-34(45)41-14-12-40(13-15-41)33(44)36(4,5)43-23-25(20-38-43)32-21-37-30-11-10-26(18-31(30)39-32)42(22-24-8-9-24)27-16-28(46-6)19-29(17-27)47-7;1-34-23-11-20(28)10-22(12-23)32(16-18-5-6-18)21-7-8-24-25(13-21)31-26(15-29-24)19-14-30-33(17-19)27-4-2-3-9-35-27;1-16-7-18(29-34-16)15-31(20-8-21(32-3)11-22(9-20)33-4)19-5-6-23-24(10-19)28-25(13-26-23)17-12-27-30(2)14-17/h10-11,16-21,23-24H,8-9,12-15,22H2,1-7H3;7-8,10-15,17-18,27H,2-6,9,16H2,1H3;5-14H,15H2,1-4H3. The zero-order valence-corrected chi connectivity index (χ0v) is 68.0. The predicted octanol–water partition coefficient (Wildman–Crippen LogP) is 16.4. The lowest BCUT2D eigenvalue weighted by atomic mass is 10.0. The molecule has 2 saturated heterocycles. The van der Waals surface area contributed by atoms with Crippen molar-refractivity contribution in [3.8, 4) is 62.5 Å². The molecule has 13 aromatic rings. The highest BCUT2D eigenvalue weighted by atomic mass is 19.1. The van der Waals surface area contributed by atoms with Crippen LogP contribution in [0, 0.1) is 24.6 Å². The van der Waals surface area contributed by atoms with Crippen LogP contribution < -0.4 is 38.4 Å². The van der Waals surface area contributed by atoms with Crippen molar-refractivity contribution in [3.05, 3.63) is 188 Å². The highest BCUT2D eigenvalue weighted by molar-refractivity contribution is 5.87. The van der Waals surface area contributed by atoms with E-state index in [9.17, 15) is 14.0 Å². The van der Waals surface area contributed by atoms with E-state index in [-0.39, 0.29) is 24.0 Å². The van der Waals surface area contributed by atoms with E-state index in [0.29, 0.717) is 67.5 Å². The van der Waals surface area contributed by atoms with Crippen LogP contribution in [0.1, 0.15) is 97.2 Å². The monoisotopic (exact) mass is 1580 g/mol. The first-order chi connectivity index (χ1) is 56.5. The molecule has 29 heteroatoms. The van der Waals surface area contributed by atoms with Crippen molar-refractivity contribution < 1.29 is 51.7 Å². The molecule has 0 spiro atoms. The van der Waals surface area contributed by atoms with E-state index in [0.717, 1.165) is 157 Å². The van der Waals surface area contributed by atoms with Gasteiger partial charge in [0.2, 0.25) is 5.91 Å². The summed E-state index contributed by atoms with van der Waals surface area (Å²) >= 11 is 0. The maximum Gasteiger partial charge on any atom is 0.410 e. The normalized spacial score (nSPS) is 14.9. The van der Waals surface area contributed by atoms with Crippen LogP contribution in [0.25, 0.3) is 66.9 Å². The smallest absolute Gasteiger partial charge is 0.410 e. The largest absolute Gasteiger partial charge is 0.497 e. The number of aryl methyl sites for hydroxylation is 2. The van der Waals surface area contributed by atoms with Crippen LogP contribution in [0.2, 0.25) is 0 Å². The molecule has 17 rings (SSSR count). The molecule has 606 valence electrons. The Hall–Kier alpha value is -12.8. The fourth-order valence-corrected chi connectivity index (χ4v) is 14.2. The zero-order valence-electron chi connectivity index (χ0n) is 68.0. The van der Waals surface area contributed by atoms with Crippen molar-refractivity contribution in [2.45, 2.75) is 110 Å². The van der Waals surface area contributed by atoms with E-state index in [1.165, 1.54) is 31.7 Å². The molecule has 0 bridgehead atoms. The summed E-state index contributed by atoms with van der Waals surface area (Å²) in [5.74, 6) is 4.94. The Morgan fingerprint density at radius 3 is 1.42 bits per heavy atom. The molecule has 4 fully saturated rings. The zero-order chi connectivity index (χ0) is 81.7. The van der Waals surface area contributed by atoms with Gasteiger partial charge in [-0.25, -0.2) is 28.8 Å². The van der Waals surface area contributed by atoms with Gasteiger partial charge in [-0.05, 0) is 159 Å². The number of piperazine rings is 1. The van der Waals surface area contributed by atoms with Gasteiger partial charge in [0.15, 0.2) is 0 Å². The van der Waals surface area contributed by atoms with Crippen LogP contribution in [0.3, 0.4) is 0 Å². The lowest BCUT2D eigenvalue weighted by molar-refractivity contribution is -0.141. The number of nitrogens with zero attached hydrogens (tertiary/aromatic N) is 18. The van der Waals surface area contributed by atoms with E-state index in [1.54, 1.807) is 91.8 Å². The number of benzene rings is 6. The number of hydrogen-bond donors (Lipinski definition) is 0. The van der Waals surface area contributed by atoms with E-state index in [4.69, 9.17) is 57.6 Å². The Morgan fingerprint density at radius 2 is 0.957 bits per heavy atom. The van der Waals surface area contributed by atoms with Gasteiger partial charge in [0.25, 0.3) is 0 Å². The Kier molecular flexibility index (Phi) is 23.3. The molecule has 2 amide bonds. The maximum atomic E-state index is 14.3. The third kappa shape index (κ3) is 18.9. The summed E-state index contributed by atoms with van der Waals surface area (Å²) in [5.41, 5.74) is 14.3. The van der Waals surface area contributed by atoms with Crippen LogP contribution in [0.4, 0.5) is 43.3 Å². The molecule has 1 unspecified atom stereocenters. The minimum absolute atomic E-state index is 0.0169. The van der Waals surface area contributed by atoms with Crippen molar-refractivity contribution in [2.24, 2.45) is 18.9 Å². The number of methoxy groups -OCH3 is 5. The second-order valence-corrected chi connectivity index (χ2v) is 31.3. The van der Waals surface area contributed by atoms with Crippen molar-refractivity contribution in [1.82, 2.24) is 74.2 Å². The average Bonchev–Trinajstić information content (AvgIpc) is 1.73. The number of hydrogen-bond acceptors (Lipinski definition) is 23. The third-order valence-electron chi connectivity index (χ3n) is 21.0. The average molecular weight is 1590 g/mol. The highest BCUT2D eigenvalue weighted by Crippen LogP contribution is 2.42. The number of carbonyl (C=O) groups is 2. The summed E-state index contributed by atoms with van der Waals surface area (Å²) in [5, 5.41) is 17.5. The number of ether oxygens (including phenoxy) is 7. The van der Waals surface area contributed by atoms with Gasteiger partial charge in [-0.2, -0.15) is 15.3 Å². The summed E-state index contributed by atoms with van der Waals surface area (Å²) < 4.78 is 63.7. The fraction of sp³-hybridized carbons (Fsp3) is 0.364. The number of halogens is 1. The first-order valence-electron chi connectivity index (χ1n) is 39.4. The summed E-state index contributed by atoms with van der Waals surface area (Å²) in [6.45, 7) is 15.7. The molecule has 28 nitrogen and oxygen atoms in total. The van der Waals surface area contributed by atoms with Crippen LogP contribution in [0.15, 0.2) is 176 Å². The van der Waals surface area contributed by atoms with Crippen LogP contribution in [0.5, 0.6) is 28.7 Å². The molecule has 2 aliphatic heterocycles. The van der Waals surface area contributed by atoms with E-state index < -0.39 is 11.1 Å². The molecule has 9 heterocycles. The summed E-state index contributed by atoms with van der Waals surface area (Å²) in [6, 6.07) is 36.6. The minimum Gasteiger partial charge on any atom is -0.497 e. The Bertz CT molecular complexity index is 5660.